The van der Waals surface area contributed by atoms with Gasteiger partial charge in [-0.15, -0.1) is 0 Å². The van der Waals surface area contributed by atoms with Crippen LogP contribution in [0.5, 0.6) is 11.5 Å². The molecule has 29 heavy (non-hydrogen) atoms. The first-order chi connectivity index (χ1) is 14.0. The molecule has 0 bridgehead atoms. The van der Waals surface area contributed by atoms with E-state index >= 15 is 0 Å². The Hall–Kier alpha value is -2.76. The molecule has 3 aromatic carbocycles. The van der Waals surface area contributed by atoms with E-state index in [2.05, 4.69) is 21.2 Å². The standard InChI is InChI=1S/C23H17BrClNO3/c1-28-21-11-15(10-18-17-4-2-3-5-20(17)26-23(18)27)19(24)12-22(21)29-13-14-6-8-16(25)9-7-14/h2-12H,13H2,1H3,(H,26,27)/b18-10-. The molecule has 0 spiro atoms. The number of carbonyl (C=O) groups is 1. The molecule has 0 fully saturated rings. The smallest absolute Gasteiger partial charge is 0.256 e. The topological polar surface area (TPSA) is 47.6 Å². The molecule has 0 atom stereocenters. The summed E-state index contributed by atoms with van der Waals surface area (Å²) in [6, 6.07) is 18.8. The summed E-state index contributed by atoms with van der Waals surface area (Å²) in [6.07, 6.45) is 1.84. The Kier molecular flexibility index (Phi) is 5.60. The second kappa shape index (κ2) is 8.31. The van der Waals surface area contributed by atoms with Crippen molar-refractivity contribution in [2.45, 2.75) is 6.61 Å². The van der Waals surface area contributed by atoms with Crippen molar-refractivity contribution in [2.75, 3.05) is 12.4 Å². The Morgan fingerprint density at radius 2 is 1.83 bits per heavy atom. The SMILES string of the molecule is COc1cc(/C=C2\C(=O)Nc3ccccc32)c(Br)cc1OCc1ccc(Cl)cc1. The second-order valence-electron chi connectivity index (χ2n) is 6.50. The lowest BCUT2D eigenvalue weighted by molar-refractivity contribution is -0.110. The number of rotatable bonds is 5. The molecule has 1 aliphatic rings. The number of amides is 1. The summed E-state index contributed by atoms with van der Waals surface area (Å²) in [5.41, 5.74) is 4.12. The summed E-state index contributed by atoms with van der Waals surface area (Å²) >= 11 is 9.51. The highest BCUT2D eigenvalue weighted by Crippen LogP contribution is 2.38. The number of methoxy groups -OCH3 is 1. The monoisotopic (exact) mass is 469 g/mol. The van der Waals surface area contributed by atoms with Gasteiger partial charge in [0.2, 0.25) is 0 Å². The third-order valence-corrected chi connectivity index (χ3v) is 5.54. The van der Waals surface area contributed by atoms with E-state index in [4.69, 9.17) is 21.1 Å². The van der Waals surface area contributed by atoms with Crippen molar-refractivity contribution in [3.8, 4) is 11.5 Å². The molecule has 0 unspecified atom stereocenters. The minimum absolute atomic E-state index is 0.125. The molecule has 1 aliphatic heterocycles. The third kappa shape index (κ3) is 4.16. The Balaban J connectivity index is 1.63. The van der Waals surface area contributed by atoms with E-state index in [0.717, 1.165) is 26.9 Å². The van der Waals surface area contributed by atoms with E-state index in [1.807, 2.05) is 66.7 Å². The maximum absolute atomic E-state index is 12.4. The number of para-hydroxylation sites is 1. The molecule has 0 saturated heterocycles. The summed E-state index contributed by atoms with van der Waals surface area (Å²) in [6.45, 7) is 0.385. The number of benzene rings is 3. The number of halogens is 2. The van der Waals surface area contributed by atoms with E-state index in [1.165, 1.54) is 0 Å². The van der Waals surface area contributed by atoms with E-state index in [9.17, 15) is 4.79 Å². The van der Waals surface area contributed by atoms with Crippen LogP contribution in [0.4, 0.5) is 5.69 Å². The highest BCUT2D eigenvalue weighted by Gasteiger charge is 2.24. The van der Waals surface area contributed by atoms with Gasteiger partial charge in [-0.25, -0.2) is 0 Å². The van der Waals surface area contributed by atoms with Gasteiger partial charge >= 0.3 is 0 Å². The number of ether oxygens (including phenoxy) is 2. The van der Waals surface area contributed by atoms with Crippen LogP contribution in [0, 0.1) is 0 Å². The summed E-state index contributed by atoms with van der Waals surface area (Å²) in [7, 11) is 1.59. The fourth-order valence-corrected chi connectivity index (χ4v) is 3.68. The van der Waals surface area contributed by atoms with Crippen LogP contribution in [0.2, 0.25) is 5.02 Å². The first-order valence-corrected chi connectivity index (χ1v) is 10.1. The first-order valence-electron chi connectivity index (χ1n) is 8.92. The van der Waals surface area contributed by atoms with Gasteiger partial charge in [-0.2, -0.15) is 0 Å². The van der Waals surface area contributed by atoms with Crippen molar-refractivity contribution in [2.24, 2.45) is 0 Å². The minimum Gasteiger partial charge on any atom is -0.493 e. The van der Waals surface area contributed by atoms with Gasteiger partial charge in [0, 0.05) is 26.3 Å². The molecule has 0 saturated carbocycles. The molecule has 0 radical (unpaired) electrons. The zero-order valence-electron chi connectivity index (χ0n) is 15.5. The van der Waals surface area contributed by atoms with Gasteiger partial charge in [-0.05, 0) is 47.5 Å². The van der Waals surface area contributed by atoms with Crippen LogP contribution in [0.1, 0.15) is 16.7 Å². The minimum atomic E-state index is -0.125. The summed E-state index contributed by atoms with van der Waals surface area (Å²) < 4.78 is 12.3. The van der Waals surface area contributed by atoms with E-state index < -0.39 is 0 Å². The summed E-state index contributed by atoms with van der Waals surface area (Å²) in [4.78, 5) is 12.4. The molecule has 0 aromatic heterocycles. The summed E-state index contributed by atoms with van der Waals surface area (Å²) in [5, 5.41) is 3.57. The number of fused-ring (bicyclic) bond motifs is 1. The van der Waals surface area contributed by atoms with Gasteiger partial charge in [0.15, 0.2) is 11.5 Å². The van der Waals surface area contributed by atoms with Crippen LogP contribution in [-0.2, 0) is 11.4 Å². The fourth-order valence-electron chi connectivity index (χ4n) is 3.11. The molecule has 3 aromatic rings. The molecule has 1 N–H and O–H groups in total. The Bertz CT molecular complexity index is 1110. The van der Waals surface area contributed by atoms with Gasteiger partial charge in [0.25, 0.3) is 5.91 Å². The first kappa shape index (κ1) is 19.6. The Morgan fingerprint density at radius 1 is 1.07 bits per heavy atom. The summed E-state index contributed by atoms with van der Waals surface area (Å²) in [5.74, 6) is 1.06. The molecule has 4 rings (SSSR count). The maximum atomic E-state index is 12.4. The lowest BCUT2D eigenvalue weighted by atomic mass is 10.0. The molecule has 0 aliphatic carbocycles. The van der Waals surface area contributed by atoms with E-state index in [0.29, 0.717) is 28.7 Å². The number of nitrogens with one attached hydrogen (secondary N) is 1. The van der Waals surface area contributed by atoms with Gasteiger partial charge in [-0.1, -0.05) is 57.9 Å². The molecule has 4 nitrogen and oxygen atoms in total. The van der Waals surface area contributed by atoms with E-state index in [1.54, 1.807) is 7.11 Å². The highest BCUT2D eigenvalue weighted by molar-refractivity contribution is 9.10. The average Bonchev–Trinajstić information content (AvgIpc) is 3.04. The van der Waals surface area contributed by atoms with Gasteiger partial charge < -0.3 is 14.8 Å². The molecule has 1 heterocycles. The number of hydrogen-bond donors (Lipinski definition) is 1. The predicted molar refractivity (Wildman–Crippen MR) is 119 cm³/mol. The maximum Gasteiger partial charge on any atom is 0.256 e. The van der Waals surface area contributed by atoms with Gasteiger partial charge in [-0.3, -0.25) is 4.79 Å². The fraction of sp³-hybridized carbons (Fsp3) is 0.0870. The predicted octanol–water partition coefficient (Wildman–Crippen LogP) is 6.18. The molecular formula is C23H17BrClNO3. The van der Waals surface area contributed by atoms with Crippen LogP contribution in [-0.4, -0.2) is 13.0 Å². The molecular weight excluding hydrogens is 454 g/mol. The number of hydrogen-bond acceptors (Lipinski definition) is 3. The van der Waals surface area contributed by atoms with Gasteiger partial charge in [0.1, 0.15) is 6.61 Å². The van der Waals surface area contributed by atoms with Crippen LogP contribution >= 0.6 is 27.5 Å². The number of carbonyl (C=O) groups excluding carboxylic acids is 1. The van der Waals surface area contributed by atoms with Gasteiger partial charge in [0.05, 0.1) is 7.11 Å². The Morgan fingerprint density at radius 3 is 2.59 bits per heavy atom. The lowest BCUT2D eigenvalue weighted by Gasteiger charge is -2.13. The normalized spacial score (nSPS) is 13.9. The van der Waals surface area contributed by atoms with Crippen molar-refractivity contribution in [1.82, 2.24) is 0 Å². The number of anilines is 1. The highest BCUT2D eigenvalue weighted by atomic mass is 79.9. The quantitative estimate of drug-likeness (QED) is 0.453. The second-order valence-corrected chi connectivity index (χ2v) is 7.79. The third-order valence-electron chi connectivity index (χ3n) is 4.60. The van der Waals surface area contributed by atoms with Crippen molar-refractivity contribution >= 4 is 50.8 Å². The zero-order chi connectivity index (χ0) is 20.4. The van der Waals surface area contributed by atoms with Crippen molar-refractivity contribution in [1.29, 1.82) is 0 Å². The average molecular weight is 471 g/mol. The lowest BCUT2D eigenvalue weighted by Crippen LogP contribution is -2.03. The zero-order valence-corrected chi connectivity index (χ0v) is 17.9. The van der Waals surface area contributed by atoms with Crippen molar-refractivity contribution < 1.29 is 14.3 Å². The largest absolute Gasteiger partial charge is 0.493 e. The van der Waals surface area contributed by atoms with E-state index in [-0.39, 0.29) is 5.91 Å². The molecule has 146 valence electrons. The van der Waals surface area contributed by atoms with Crippen LogP contribution in [0.25, 0.3) is 11.6 Å². The van der Waals surface area contributed by atoms with Crippen molar-refractivity contribution in [3.05, 3.63) is 86.8 Å². The molecule has 1 amide bonds. The molecule has 6 heteroatoms. The van der Waals surface area contributed by atoms with Crippen LogP contribution < -0.4 is 14.8 Å². The van der Waals surface area contributed by atoms with Crippen LogP contribution in [0.3, 0.4) is 0 Å². The van der Waals surface area contributed by atoms with Crippen molar-refractivity contribution in [3.63, 3.8) is 0 Å². The Labute approximate surface area is 182 Å². The van der Waals surface area contributed by atoms with Crippen LogP contribution in [0.15, 0.2) is 65.1 Å².